The smallest absolute Gasteiger partial charge is 0.127 e. The van der Waals surface area contributed by atoms with Gasteiger partial charge in [-0.25, -0.2) is 4.39 Å². The van der Waals surface area contributed by atoms with E-state index in [4.69, 9.17) is 4.74 Å². The van der Waals surface area contributed by atoms with Gasteiger partial charge in [0.05, 0.1) is 0 Å². The second-order valence-electron chi connectivity index (χ2n) is 6.48. The minimum absolute atomic E-state index is 0.0383. The van der Waals surface area contributed by atoms with Crippen LogP contribution in [0.3, 0.4) is 0 Å². The summed E-state index contributed by atoms with van der Waals surface area (Å²) in [6, 6.07) is 7.16. The van der Waals surface area contributed by atoms with Gasteiger partial charge in [-0.3, -0.25) is 0 Å². The predicted octanol–water partition coefficient (Wildman–Crippen LogP) is 3.26. The molecule has 0 unspecified atom stereocenters. The lowest BCUT2D eigenvalue weighted by molar-refractivity contribution is 0.0464. The topological polar surface area (TPSA) is 21.3 Å². The molecule has 0 aromatic heterocycles. The van der Waals surface area contributed by atoms with Gasteiger partial charge in [0.25, 0.3) is 0 Å². The molecule has 1 aliphatic heterocycles. The molecule has 0 spiro atoms. The molecule has 0 aliphatic carbocycles. The summed E-state index contributed by atoms with van der Waals surface area (Å²) in [5, 5.41) is 3.54. The Morgan fingerprint density at radius 2 is 1.84 bits per heavy atom. The van der Waals surface area contributed by atoms with Gasteiger partial charge >= 0.3 is 0 Å². The SMILES string of the molecule is CC(C)(C)NCC1(c2ccccc2F)CCOCC1. The van der Waals surface area contributed by atoms with E-state index in [0.717, 1.165) is 24.9 Å². The fourth-order valence-corrected chi connectivity index (χ4v) is 2.63. The highest BCUT2D eigenvalue weighted by molar-refractivity contribution is 5.28. The minimum Gasteiger partial charge on any atom is -0.381 e. The van der Waals surface area contributed by atoms with Gasteiger partial charge in [-0.1, -0.05) is 18.2 Å². The first-order valence-electron chi connectivity index (χ1n) is 7.01. The van der Waals surface area contributed by atoms with Gasteiger partial charge in [0.1, 0.15) is 5.82 Å². The van der Waals surface area contributed by atoms with E-state index in [1.54, 1.807) is 12.1 Å². The zero-order valence-corrected chi connectivity index (χ0v) is 12.1. The Kier molecular flexibility index (Phi) is 4.26. The quantitative estimate of drug-likeness (QED) is 0.905. The van der Waals surface area contributed by atoms with Crippen molar-refractivity contribution in [3.63, 3.8) is 0 Å². The fraction of sp³-hybridized carbons (Fsp3) is 0.625. The van der Waals surface area contributed by atoms with Gasteiger partial charge in [0.2, 0.25) is 0 Å². The minimum atomic E-state index is -0.142. The molecular weight excluding hydrogens is 241 g/mol. The molecule has 1 N–H and O–H groups in total. The summed E-state index contributed by atoms with van der Waals surface area (Å²) in [6.07, 6.45) is 1.74. The molecule has 1 saturated heterocycles. The van der Waals surface area contributed by atoms with Crippen molar-refractivity contribution in [2.75, 3.05) is 19.8 Å². The molecule has 1 fully saturated rings. The fourth-order valence-electron chi connectivity index (χ4n) is 2.63. The average Bonchev–Trinajstić information content (AvgIpc) is 2.37. The van der Waals surface area contributed by atoms with Gasteiger partial charge in [0, 0.05) is 30.7 Å². The largest absolute Gasteiger partial charge is 0.381 e. The second kappa shape index (κ2) is 5.59. The summed E-state index contributed by atoms with van der Waals surface area (Å²) in [7, 11) is 0. The van der Waals surface area contributed by atoms with Crippen LogP contribution in [0.15, 0.2) is 24.3 Å². The molecule has 1 aromatic carbocycles. The van der Waals surface area contributed by atoms with Crippen LogP contribution in [-0.2, 0) is 10.2 Å². The average molecular weight is 265 g/mol. The second-order valence-corrected chi connectivity index (χ2v) is 6.48. The van der Waals surface area contributed by atoms with E-state index in [-0.39, 0.29) is 16.8 Å². The van der Waals surface area contributed by atoms with Gasteiger partial charge < -0.3 is 10.1 Å². The first-order chi connectivity index (χ1) is 8.93. The van der Waals surface area contributed by atoms with Crippen molar-refractivity contribution in [1.82, 2.24) is 5.32 Å². The highest BCUT2D eigenvalue weighted by Crippen LogP contribution is 2.36. The standard InChI is InChI=1S/C16H24FNO/c1-15(2,3)18-12-16(8-10-19-11-9-16)13-6-4-5-7-14(13)17/h4-7,18H,8-12H2,1-3H3. The van der Waals surface area contributed by atoms with E-state index in [1.165, 1.54) is 0 Å². The highest BCUT2D eigenvalue weighted by atomic mass is 19.1. The molecule has 2 nitrogen and oxygen atoms in total. The van der Waals surface area contributed by atoms with E-state index in [0.29, 0.717) is 13.2 Å². The number of halogens is 1. The Balaban J connectivity index is 2.27. The number of rotatable bonds is 3. The van der Waals surface area contributed by atoms with E-state index in [1.807, 2.05) is 12.1 Å². The van der Waals surface area contributed by atoms with Crippen molar-refractivity contribution < 1.29 is 9.13 Å². The lowest BCUT2D eigenvalue weighted by Gasteiger charge is -2.40. The van der Waals surface area contributed by atoms with E-state index >= 15 is 0 Å². The third-order valence-corrected chi connectivity index (χ3v) is 3.85. The number of nitrogens with one attached hydrogen (secondary N) is 1. The van der Waals surface area contributed by atoms with Gasteiger partial charge in [-0.05, 0) is 45.2 Å². The van der Waals surface area contributed by atoms with Crippen molar-refractivity contribution >= 4 is 0 Å². The summed E-state index contributed by atoms with van der Waals surface area (Å²) in [5.41, 5.74) is 0.725. The number of hydrogen-bond acceptors (Lipinski definition) is 2. The Morgan fingerprint density at radius 1 is 1.21 bits per heavy atom. The number of ether oxygens (including phenoxy) is 1. The van der Waals surface area contributed by atoms with Crippen LogP contribution >= 0.6 is 0 Å². The highest BCUT2D eigenvalue weighted by Gasteiger charge is 2.37. The first kappa shape index (κ1) is 14.5. The first-order valence-corrected chi connectivity index (χ1v) is 7.01. The monoisotopic (exact) mass is 265 g/mol. The maximum atomic E-state index is 14.2. The molecule has 1 heterocycles. The summed E-state index contributed by atoms with van der Waals surface area (Å²) in [6.45, 7) is 8.63. The van der Waals surface area contributed by atoms with Gasteiger partial charge in [-0.2, -0.15) is 0 Å². The van der Waals surface area contributed by atoms with Crippen molar-refractivity contribution in [1.29, 1.82) is 0 Å². The molecule has 1 aromatic rings. The summed E-state index contributed by atoms with van der Waals surface area (Å²) >= 11 is 0. The molecule has 2 rings (SSSR count). The van der Waals surface area contributed by atoms with Crippen LogP contribution in [0.25, 0.3) is 0 Å². The van der Waals surface area contributed by atoms with Crippen LogP contribution in [0.5, 0.6) is 0 Å². The maximum absolute atomic E-state index is 14.2. The van der Waals surface area contributed by atoms with Crippen LogP contribution in [0, 0.1) is 5.82 Å². The van der Waals surface area contributed by atoms with Gasteiger partial charge in [-0.15, -0.1) is 0 Å². The summed E-state index contributed by atoms with van der Waals surface area (Å²) in [4.78, 5) is 0. The van der Waals surface area contributed by atoms with E-state index < -0.39 is 0 Å². The van der Waals surface area contributed by atoms with E-state index in [9.17, 15) is 4.39 Å². The van der Waals surface area contributed by atoms with Crippen molar-refractivity contribution in [2.24, 2.45) is 0 Å². The summed E-state index contributed by atoms with van der Waals surface area (Å²) < 4.78 is 19.6. The van der Waals surface area contributed by atoms with Gasteiger partial charge in [0.15, 0.2) is 0 Å². The van der Waals surface area contributed by atoms with Crippen LogP contribution < -0.4 is 5.32 Å². The molecule has 3 heteroatoms. The normalized spacial score (nSPS) is 19.4. The Labute approximate surface area is 115 Å². The summed E-state index contributed by atoms with van der Waals surface area (Å²) in [5.74, 6) is -0.0971. The Bertz CT molecular complexity index is 419. The molecule has 0 atom stereocenters. The van der Waals surface area contributed by atoms with E-state index in [2.05, 4.69) is 26.1 Å². The maximum Gasteiger partial charge on any atom is 0.127 e. The van der Waals surface area contributed by atoms with Crippen LogP contribution in [-0.4, -0.2) is 25.3 Å². The van der Waals surface area contributed by atoms with Crippen molar-refractivity contribution in [2.45, 2.75) is 44.6 Å². The molecule has 0 saturated carbocycles. The predicted molar refractivity (Wildman–Crippen MR) is 75.9 cm³/mol. The molecule has 1 aliphatic rings. The lowest BCUT2D eigenvalue weighted by Crippen LogP contribution is -2.48. The molecular formula is C16H24FNO. The zero-order chi connectivity index (χ0) is 13.9. The Hall–Kier alpha value is -0.930. The molecule has 106 valence electrons. The molecule has 19 heavy (non-hydrogen) atoms. The third-order valence-electron chi connectivity index (χ3n) is 3.85. The van der Waals surface area contributed by atoms with Crippen molar-refractivity contribution in [3.8, 4) is 0 Å². The van der Waals surface area contributed by atoms with Crippen LogP contribution in [0.2, 0.25) is 0 Å². The van der Waals surface area contributed by atoms with Crippen molar-refractivity contribution in [3.05, 3.63) is 35.6 Å². The number of benzene rings is 1. The third kappa shape index (κ3) is 3.54. The molecule has 0 bridgehead atoms. The van der Waals surface area contributed by atoms with Crippen LogP contribution in [0.1, 0.15) is 39.2 Å². The molecule has 0 amide bonds. The Morgan fingerprint density at radius 3 is 2.42 bits per heavy atom. The van der Waals surface area contributed by atoms with Crippen LogP contribution in [0.4, 0.5) is 4.39 Å². The zero-order valence-electron chi connectivity index (χ0n) is 12.1. The molecule has 0 radical (unpaired) electrons. The lowest BCUT2D eigenvalue weighted by atomic mass is 9.73. The number of hydrogen-bond donors (Lipinski definition) is 1.